The third-order valence-corrected chi connectivity index (χ3v) is 7.53. The van der Waals surface area contributed by atoms with Gasteiger partial charge in [0, 0.05) is 10.4 Å². The molecule has 0 fully saturated rings. The third-order valence-electron chi connectivity index (χ3n) is 5.43. The number of hydrogen-bond acceptors (Lipinski definition) is 7. The summed E-state index contributed by atoms with van der Waals surface area (Å²) in [5.74, 6) is 0.516. The molecule has 172 valence electrons. The molecule has 0 bridgehead atoms. The van der Waals surface area contributed by atoms with Gasteiger partial charge in [0.05, 0.1) is 12.1 Å². The molecule has 0 unspecified atom stereocenters. The first kappa shape index (κ1) is 22.6. The van der Waals surface area contributed by atoms with Gasteiger partial charge in [-0.1, -0.05) is 67.2 Å². The van der Waals surface area contributed by atoms with Crippen LogP contribution in [0.25, 0.3) is 33.5 Å². The summed E-state index contributed by atoms with van der Waals surface area (Å²) < 4.78 is 7.13. The van der Waals surface area contributed by atoms with Gasteiger partial charge in [-0.3, -0.25) is 0 Å². The summed E-state index contributed by atoms with van der Waals surface area (Å²) in [5.41, 5.74) is 5.45. The van der Waals surface area contributed by atoms with E-state index in [4.69, 9.17) is 21.7 Å². The number of carbonyl (C=O) groups is 1. The summed E-state index contributed by atoms with van der Waals surface area (Å²) in [7, 11) is 0. The van der Waals surface area contributed by atoms with Crippen molar-refractivity contribution in [3.05, 3.63) is 68.7 Å². The van der Waals surface area contributed by atoms with Crippen LogP contribution in [0.3, 0.4) is 0 Å². The quantitative estimate of drug-likeness (QED) is 0.188. The van der Waals surface area contributed by atoms with Crippen LogP contribution in [-0.2, 0) is 6.54 Å². The van der Waals surface area contributed by atoms with E-state index in [-0.39, 0.29) is 4.84 Å². The topological polar surface area (TPSA) is 96.9 Å². The number of imidazole rings is 1. The number of thioether (sulfide) groups is 1. The molecule has 0 spiro atoms. The Kier molecular flexibility index (Phi) is 6.11. The highest BCUT2D eigenvalue weighted by Crippen LogP contribution is 2.35. The fraction of sp³-hybridized carbons (Fsp3) is 0.167. The molecule has 3 aromatic heterocycles. The van der Waals surface area contributed by atoms with E-state index in [1.165, 1.54) is 11.3 Å². The maximum atomic E-state index is 11.9. The second kappa shape index (κ2) is 9.21. The molecule has 0 aliphatic rings. The summed E-state index contributed by atoms with van der Waals surface area (Å²) in [4.78, 5) is 22.3. The SMILES string of the molecule is CCSc1nc2c(C)sc(C(=O)O)c2n1Cc1ccc(-c2ccccc2-c2nc(=S)o[nH]2)cc1. The lowest BCUT2D eigenvalue weighted by molar-refractivity contribution is 0.0703. The second-order valence-corrected chi connectivity index (χ2v) is 10.4. The lowest BCUT2D eigenvalue weighted by atomic mass is 9.98. The van der Waals surface area contributed by atoms with Crippen molar-refractivity contribution in [1.82, 2.24) is 19.7 Å². The summed E-state index contributed by atoms with van der Waals surface area (Å²) in [6, 6.07) is 16.1. The van der Waals surface area contributed by atoms with Crippen LogP contribution in [0, 0.1) is 11.8 Å². The van der Waals surface area contributed by atoms with Crippen molar-refractivity contribution in [2.24, 2.45) is 0 Å². The van der Waals surface area contributed by atoms with Crippen molar-refractivity contribution in [3.8, 4) is 22.5 Å². The number of fused-ring (bicyclic) bond motifs is 1. The monoisotopic (exact) mass is 508 g/mol. The summed E-state index contributed by atoms with van der Waals surface area (Å²) >= 11 is 7.90. The van der Waals surface area contributed by atoms with Crippen LogP contribution < -0.4 is 0 Å². The van der Waals surface area contributed by atoms with Gasteiger partial charge in [-0.05, 0) is 41.6 Å². The Labute approximate surface area is 208 Å². The maximum Gasteiger partial charge on any atom is 0.348 e. The minimum Gasteiger partial charge on any atom is -0.477 e. The number of aryl methyl sites for hydroxylation is 1. The number of hydrogen-bond donors (Lipinski definition) is 2. The summed E-state index contributed by atoms with van der Waals surface area (Å²) in [6.07, 6.45) is 0. The zero-order valence-electron chi connectivity index (χ0n) is 18.4. The summed E-state index contributed by atoms with van der Waals surface area (Å²) in [6.45, 7) is 4.52. The van der Waals surface area contributed by atoms with Crippen LogP contribution in [0.4, 0.5) is 0 Å². The molecule has 0 aliphatic heterocycles. The molecule has 2 N–H and O–H groups in total. The number of nitrogens with zero attached hydrogens (tertiary/aromatic N) is 3. The number of benzene rings is 2. The molecule has 0 atom stereocenters. The number of H-pyrrole nitrogens is 1. The molecule has 5 aromatic rings. The average molecular weight is 509 g/mol. The molecule has 0 saturated heterocycles. The number of carboxylic acids is 1. The molecule has 0 aliphatic carbocycles. The van der Waals surface area contributed by atoms with E-state index < -0.39 is 5.97 Å². The number of aromatic nitrogens is 4. The van der Waals surface area contributed by atoms with Crippen molar-refractivity contribution >= 4 is 52.3 Å². The molecular weight excluding hydrogens is 488 g/mol. The third kappa shape index (κ3) is 4.08. The number of carboxylic acid groups (broad SMARTS) is 1. The van der Waals surface area contributed by atoms with Crippen molar-refractivity contribution < 1.29 is 14.4 Å². The van der Waals surface area contributed by atoms with Crippen LogP contribution in [0.2, 0.25) is 0 Å². The predicted octanol–water partition coefficient (Wildman–Crippen LogP) is 6.64. The number of aromatic amines is 1. The molecule has 34 heavy (non-hydrogen) atoms. The first-order valence-corrected chi connectivity index (χ1v) is 12.8. The molecular formula is C24H20N4O3S3. The van der Waals surface area contributed by atoms with Crippen molar-refractivity contribution in [3.63, 3.8) is 0 Å². The van der Waals surface area contributed by atoms with Crippen molar-refractivity contribution in [2.75, 3.05) is 5.75 Å². The van der Waals surface area contributed by atoms with Gasteiger partial charge in [-0.25, -0.2) is 14.9 Å². The molecule has 0 saturated carbocycles. The first-order chi connectivity index (χ1) is 16.5. The normalized spacial score (nSPS) is 11.4. The molecule has 7 nitrogen and oxygen atoms in total. The Balaban J connectivity index is 1.52. The van der Waals surface area contributed by atoms with Crippen LogP contribution in [0.5, 0.6) is 0 Å². The second-order valence-electron chi connectivity index (χ2n) is 7.58. The molecule has 10 heteroatoms. The van der Waals surface area contributed by atoms with Crippen LogP contribution in [-0.4, -0.2) is 36.5 Å². The fourth-order valence-electron chi connectivity index (χ4n) is 3.95. The molecule has 5 rings (SSSR count). The summed E-state index contributed by atoms with van der Waals surface area (Å²) in [5, 5.41) is 13.4. The lowest BCUT2D eigenvalue weighted by Gasteiger charge is -2.11. The van der Waals surface area contributed by atoms with Gasteiger partial charge < -0.3 is 14.2 Å². The Hall–Kier alpha value is -3.21. The Morgan fingerprint density at radius 1 is 1.18 bits per heavy atom. The Morgan fingerprint density at radius 3 is 2.56 bits per heavy atom. The van der Waals surface area contributed by atoms with E-state index in [9.17, 15) is 9.90 Å². The van der Waals surface area contributed by atoms with Gasteiger partial charge in [-0.15, -0.1) is 11.3 Å². The molecule has 0 amide bonds. The highest BCUT2D eigenvalue weighted by atomic mass is 32.2. The standard InChI is InChI=1S/C24H20N4O3S3/c1-3-33-23-25-18-13(2)34-20(22(29)30)19(18)28(23)12-14-8-10-15(11-9-14)16-6-4-5-7-17(16)21-26-24(32)31-27-21/h4-11H,3,12H2,1-2H3,(H,29,30)(H,26,27,32). The Morgan fingerprint density at radius 2 is 1.91 bits per heavy atom. The highest BCUT2D eigenvalue weighted by Gasteiger charge is 2.23. The van der Waals surface area contributed by atoms with Gasteiger partial charge >= 0.3 is 10.8 Å². The average Bonchev–Trinajstić information content (AvgIpc) is 3.51. The number of nitrogens with one attached hydrogen (secondary N) is 1. The van der Waals surface area contributed by atoms with E-state index in [1.807, 2.05) is 35.8 Å². The van der Waals surface area contributed by atoms with Crippen LogP contribution in [0.15, 0.2) is 58.2 Å². The van der Waals surface area contributed by atoms with Crippen molar-refractivity contribution in [2.45, 2.75) is 25.5 Å². The lowest BCUT2D eigenvalue weighted by Crippen LogP contribution is -2.04. The zero-order valence-corrected chi connectivity index (χ0v) is 20.8. The number of rotatable bonds is 7. The Bertz CT molecular complexity index is 1560. The minimum absolute atomic E-state index is 0.164. The predicted molar refractivity (Wildman–Crippen MR) is 137 cm³/mol. The van der Waals surface area contributed by atoms with E-state index in [1.54, 1.807) is 11.8 Å². The smallest absolute Gasteiger partial charge is 0.348 e. The highest BCUT2D eigenvalue weighted by molar-refractivity contribution is 7.99. The van der Waals surface area contributed by atoms with E-state index >= 15 is 0 Å². The van der Waals surface area contributed by atoms with E-state index in [0.29, 0.717) is 22.8 Å². The molecule has 0 radical (unpaired) electrons. The number of aromatic carboxylic acids is 1. The molecule has 2 aromatic carbocycles. The van der Waals surface area contributed by atoms with E-state index in [0.717, 1.165) is 43.6 Å². The van der Waals surface area contributed by atoms with Crippen LogP contribution >= 0.6 is 35.3 Å². The van der Waals surface area contributed by atoms with Gasteiger partial charge in [0.15, 0.2) is 11.0 Å². The van der Waals surface area contributed by atoms with Gasteiger partial charge in [0.2, 0.25) is 0 Å². The first-order valence-electron chi connectivity index (χ1n) is 10.6. The number of thiophene rings is 1. The molecule has 3 heterocycles. The van der Waals surface area contributed by atoms with Crippen LogP contribution in [0.1, 0.15) is 27.0 Å². The van der Waals surface area contributed by atoms with Gasteiger partial charge in [-0.2, -0.15) is 4.98 Å². The van der Waals surface area contributed by atoms with Crippen molar-refractivity contribution in [1.29, 1.82) is 0 Å². The fourth-order valence-corrected chi connectivity index (χ4v) is 5.74. The van der Waals surface area contributed by atoms with E-state index in [2.05, 4.69) is 41.3 Å². The largest absolute Gasteiger partial charge is 0.477 e. The van der Waals surface area contributed by atoms with Gasteiger partial charge in [0.25, 0.3) is 0 Å². The van der Waals surface area contributed by atoms with Gasteiger partial charge in [0.1, 0.15) is 10.4 Å². The minimum atomic E-state index is -0.920. The zero-order chi connectivity index (χ0) is 23.8. The maximum absolute atomic E-state index is 11.9.